The molecule has 2 unspecified atom stereocenters. The molecule has 0 aromatic heterocycles. The maximum atomic E-state index is 12.4. The molecule has 0 radical (unpaired) electrons. The zero-order valence-corrected chi connectivity index (χ0v) is 14.1. The van der Waals surface area contributed by atoms with Crippen molar-refractivity contribution in [1.82, 2.24) is 5.32 Å². The number of hydrogen-bond acceptors (Lipinski definition) is 2. The summed E-state index contributed by atoms with van der Waals surface area (Å²) in [6.45, 7) is 9.90. The third-order valence-corrected chi connectivity index (χ3v) is 3.95. The van der Waals surface area contributed by atoms with E-state index in [0.717, 1.165) is 23.2 Å². The van der Waals surface area contributed by atoms with E-state index in [0.29, 0.717) is 6.42 Å². The van der Waals surface area contributed by atoms with Crippen LogP contribution in [0.1, 0.15) is 45.2 Å². The van der Waals surface area contributed by atoms with E-state index >= 15 is 0 Å². The highest BCUT2D eigenvalue weighted by molar-refractivity contribution is 6.00. The van der Waals surface area contributed by atoms with Gasteiger partial charge in [-0.05, 0) is 51.7 Å². The Kier molecular flexibility index (Phi) is 4.59. The van der Waals surface area contributed by atoms with E-state index in [1.807, 2.05) is 45.9 Å². The molecule has 2 atom stereocenters. The third kappa shape index (κ3) is 3.87. The number of anilines is 1. The Morgan fingerprint density at radius 1 is 1.18 bits per heavy atom. The van der Waals surface area contributed by atoms with E-state index in [-0.39, 0.29) is 29.2 Å². The molecular formula is C18H26N2O2. The van der Waals surface area contributed by atoms with Gasteiger partial charge in [0.25, 0.3) is 0 Å². The lowest BCUT2D eigenvalue weighted by molar-refractivity contribution is -0.126. The van der Waals surface area contributed by atoms with Gasteiger partial charge in [-0.3, -0.25) is 9.59 Å². The van der Waals surface area contributed by atoms with Gasteiger partial charge in [0.15, 0.2) is 0 Å². The molecule has 1 fully saturated rings. The topological polar surface area (TPSA) is 58.2 Å². The van der Waals surface area contributed by atoms with Gasteiger partial charge in [-0.1, -0.05) is 25.1 Å². The fourth-order valence-corrected chi connectivity index (χ4v) is 2.65. The van der Waals surface area contributed by atoms with Crippen molar-refractivity contribution in [1.29, 1.82) is 0 Å². The molecule has 2 N–H and O–H groups in total. The van der Waals surface area contributed by atoms with Gasteiger partial charge < -0.3 is 10.6 Å². The van der Waals surface area contributed by atoms with Gasteiger partial charge in [-0.15, -0.1) is 0 Å². The molecule has 0 aliphatic heterocycles. The number of para-hydroxylation sites is 1. The maximum absolute atomic E-state index is 12.4. The minimum atomic E-state index is -0.258. The Bertz CT molecular complexity index is 587. The molecule has 2 rings (SSSR count). The molecule has 1 aliphatic rings. The smallest absolute Gasteiger partial charge is 0.228 e. The molecule has 4 heteroatoms. The van der Waals surface area contributed by atoms with Crippen LogP contribution in [0.25, 0.3) is 0 Å². The van der Waals surface area contributed by atoms with Gasteiger partial charge in [-0.25, -0.2) is 0 Å². The highest BCUT2D eigenvalue weighted by atomic mass is 16.2. The first-order valence-corrected chi connectivity index (χ1v) is 7.94. The number of carbonyl (C=O) groups is 2. The Hall–Kier alpha value is -1.84. The van der Waals surface area contributed by atoms with Crippen molar-refractivity contribution in [2.24, 2.45) is 11.8 Å². The predicted molar refractivity (Wildman–Crippen MR) is 88.7 cm³/mol. The number of benzene rings is 1. The number of nitrogens with one attached hydrogen (secondary N) is 2. The largest absolute Gasteiger partial charge is 0.351 e. The van der Waals surface area contributed by atoms with E-state index in [1.165, 1.54) is 0 Å². The number of aryl methyl sites for hydroxylation is 2. The molecule has 1 aliphatic carbocycles. The standard InChI is InChI=1S/C18H26N2O2/c1-6-12-9-7-8-11(2)15(12)19-16(21)13-10-14(13)17(22)20-18(3,4)5/h7-9,13-14H,6,10H2,1-5H3,(H,19,21)(H,20,22). The lowest BCUT2D eigenvalue weighted by Crippen LogP contribution is -2.42. The van der Waals surface area contributed by atoms with E-state index < -0.39 is 0 Å². The van der Waals surface area contributed by atoms with Gasteiger partial charge in [0.05, 0.1) is 11.8 Å². The van der Waals surface area contributed by atoms with Crippen LogP contribution in [0.4, 0.5) is 5.69 Å². The molecule has 22 heavy (non-hydrogen) atoms. The van der Waals surface area contributed by atoms with Crippen LogP contribution in [0.15, 0.2) is 18.2 Å². The monoisotopic (exact) mass is 302 g/mol. The Morgan fingerprint density at radius 3 is 2.41 bits per heavy atom. The molecule has 0 bridgehead atoms. The van der Waals surface area contributed by atoms with Crippen molar-refractivity contribution in [2.75, 3.05) is 5.32 Å². The molecule has 0 spiro atoms. The zero-order chi connectivity index (χ0) is 16.5. The lowest BCUT2D eigenvalue weighted by Gasteiger charge is -2.20. The van der Waals surface area contributed by atoms with Crippen LogP contribution in [0.2, 0.25) is 0 Å². The summed E-state index contributed by atoms with van der Waals surface area (Å²) in [6.07, 6.45) is 1.51. The first kappa shape index (κ1) is 16.5. The summed E-state index contributed by atoms with van der Waals surface area (Å²) >= 11 is 0. The highest BCUT2D eigenvalue weighted by Gasteiger charge is 2.48. The molecule has 1 aromatic rings. The Labute approximate surface area is 132 Å². The normalized spacial score (nSPS) is 20.4. The summed E-state index contributed by atoms with van der Waals surface area (Å²) in [7, 11) is 0. The van der Waals surface area contributed by atoms with Crippen molar-refractivity contribution in [2.45, 2.75) is 53.0 Å². The second-order valence-corrected chi connectivity index (χ2v) is 7.14. The number of amides is 2. The van der Waals surface area contributed by atoms with Crippen LogP contribution in [0.3, 0.4) is 0 Å². The average Bonchev–Trinajstić information content (AvgIpc) is 3.19. The summed E-state index contributed by atoms with van der Waals surface area (Å²) in [5, 5.41) is 5.97. The van der Waals surface area contributed by atoms with Crippen LogP contribution in [0.5, 0.6) is 0 Å². The van der Waals surface area contributed by atoms with Crippen LogP contribution in [0, 0.1) is 18.8 Å². The van der Waals surface area contributed by atoms with Crippen molar-refractivity contribution in [3.63, 3.8) is 0 Å². The van der Waals surface area contributed by atoms with Crippen molar-refractivity contribution >= 4 is 17.5 Å². The summed E-state index contributed by atoms with van der Waals surface area (Å²) < 4.78 is 0. The van der Waals surface area contributed by atoms with Gasteiger partial charge in [0.1, 0.15) is 0 Å². The van der Waals surface area contributed by atoms with Gasteiger partial charge in [0, 0.05) is 11.2 Å². The van der Waals surface area contributed by atoms with Gasteiger partial charge in [0.2, 0.25) is 11.8 Å². The molecule has 120 valence electrons. The molecule has 4 nitrogen and oxygen atoms in total. The minimum Gasteiger partial charge on any atom is -0.351 e. The molecule has 0 heterocycles. The third-order valence-electron chi connectivity index (χ3n) is 3.95. The maximum Gasteiger partial charge on any atom is 0.228 e. The van der Waals surface area contributed by atoms with Gasteiger partial charge >= 0.3 is 0 Å². The molecular weight excluding hydrogens is 276 g/mol. The van der Waals surface area contributed by atoms with E-state index in [4.69, 9.17) is 0 Å². The highest BCUT2D eigenvalue weighted by Crippen LogP contribution is 2.40. The fraction of sp³-hybridized carbons (Fsp3) is 0.556. The van der Waals surface area contributed by atoms with E-state index in [2.05, 4.69) is 17.6 Å². The van der Waals surface area contributed by atoms with Crippen molar-refractivity contribution in [3.05, 3.63) is 29.3 Å². The second kappa shape index (κ2) is 6.11. The van der Waals surface area contributed by atoms with E-state index in [1.54, 1.807) is 0 Å². The first-order valence-electron chi connectivity index (χ1n) is 7.94. The minimum absolute atomic E-state index is 0.0202. The number of hydrogen-bond donors (Lipinski definition) is 2. The van der Waals surface area contributed by atoms with Crippen LogP contribution >= 0.6 is 0 Å². The summed E-state index contributed by atoms with van der Waals surface area (Å²) in [5.74, 6) is -0.453. The second-order valence-electron chi connectivity index (χ2n) is 7.14. The zero-order valence-electron chi connectivity index (χ0n) is 14.1. The van der Waals surface area contributed by atoms with Crippen molar-refractivity contribution in [3.8, 4) is 0 Å². The average molecular weight is 302 g/mol. The number of carbonyl (C=O) groups excluding carboxylic acids is 2. The van der Waals surface area contributed by atoms with Gasteiger partial charge in [-0.2, -0.15) is 0 Å². The van der Waals surface area contributed by atoms with Crippen LogP contribution < -0.4 is 10.6 Å². The predicted octanol–water partition coefficient (Wildman–Crippen LogP) is 3.05. The first-order chi connectivity index (χ1) is 10.2. The van der Waals surface area contributed by atoms with E-state index in [9.17, 15) is 9.59 Å². The summed E-state index contributed by atoms with van der Waals surface area (Å²) in [4.78, 5) is 24.5. The molecule has 1 aromatic carbocycles. The van der Waals surface area contributed by atoms with Crippen LogP contribution in [-0.4, -0.2) is 17.4 Å². The molecule has 0 saturated heterocycles. The lowest BCUT2D eigenvalue weighted by atomic mass is 10.1. The molecule has 2 amide bonds. The Morgan fingerprint density at radius 2 is 1.82 bits per heavy atom. The molecule has 1 saturated carbocycles. The van der Waals surface area contributed by atoms with Crippen LogP contribution in [-0.2, 0) is 16.0 Å². The fourth-order valence-electron chi connectivity index (χ4n) is 2.65. The SMILES string of the molecule is CCc1cccc(C)c1NC(=O)C1CC1C(=O)NC(C)(C)C. The summed E-state index contributed by atoms with van der Waals surface area (Å²) in [6, 6.07) is 6.02. The quantitative estimate of drug-likeness (QED) is 0.898. The summed E-state index contributed by atoms with van der Waals surface area (Å²) in [5.41, 5.74) is 2.83. The number of rotatable bonds is 4. The van der Waals surface area contributed by atoms with Crippen molar-refractivity contribution < 1.29 is 9.59 Å². The Balaban J connectivity index is 2.00.